The fraction of sp³-hybridized carbons (Fsp3) is 0.769. The number of thioether (sulfide) groups is 1. The first-order valence-corrected chi connectivity index (χ1v) is 6.87. The van der Waals surface area contributed by atoms with Crippen molar-refractivity contribution < 1.29 is 9.53 Å². The summed E-state index contributed by atoms with van der Waals surface area (Å²) in [5.41, 5.74) is 0.247. The van der Waals surface area contributed by atoms with Crippen molar-refractivity contribution in [3.05, 3.63) is 11.5 Å². The first-order chi connectivity index (χ1) is 7.41. The van der Waals surface area contributed by atoms with Crippen molar-refractivity contribution in [3.8, 4) is 0 Å². The molecule has 16 heavy (non-hydrogen) atoms. The van der Waals surface area contributed by atoms with Gasteiger partial charge in [-0.05, 0) is 30.6 Å². The van der Waals surface area contributed by atoms with Gasteiger partial charge >= 0.3 is 5.97 Å². The number of fused-ring (bicyclic) bond motifs is 3. The number of carbonyl (C=O) groups is 1. The Kier molecular flexibility index (Phi) is 1.92. The van der Waals surface area contributed by atoms with E-state index in [9.17, 15) is 4.79 Å². The van der Waals surface area contributed by atoms with E-state index in [1.807, 2.05) is 5.41 Å². The molecule has 0 saturated heterocycles. The molecule has 3 rings (SSSR count). The van der Waals surface area contributed by atoms with Crippen molar-refractivity contribution in [1.82, 2.24) is 0 Å². The number of rotatable bonds is 0. The molecule has 1 spiro atoms. The third-order valence-electron chi connectivity index (χ3n) is 5.09. The highest BCUT2D eigenvalue weighted by Gasteiger charge is 2.72. The van der Waals surface area contributed by atoms with Gasteiger partial charge in [-0.1, -0.05) is 32.5 Å². The summed E-state index contributed by atoms with van der Waals surface area (Å²) in [4.78, 5) is 11.3. The quantitative estimate of drug-likeness (QED) is 0.605. The zero-order valence-corrected chi connectivity index (χ0v) is 10.9. The Morgan fingerprint density at radius 1 is 1.44 bits per heavy atom. The first-order valence-electron chi connectivity index (χ1n) is 5.99. The van der Waals surface area contributed by atoms with Crippen LogP contribution in [0.3, 0.4) is 0 Å². The highest BCUT2D eigenvalue weighted by atomic mass is 32.2. The third-order valence-corrected chi connectivity index (χ3v) is 6.79. The van der Waals surface area contributed by atoms with Crippen LogP contribution in [0, 0.1) is 16.7 Å². The molecule has 0 aromatic heterocycles. The minimum atomic E-state index is -0.325. The van der Waals surface area contributed by atoms with E-state index in [2.05, 4.69) is 20.8 Å². The Morgan fingerprint density at radius 2 is 2.19 bits per heavy atom. The average molecular weight is 238 g/mol. The van der Waals surface area contributed by atoms with Crippen molar-refractivity contribution in [2.75, 3.05) is 0 Å². The lowest BCUT2D eigenvalue weighted by molar-refractivity contribution is -0.166. The molecule has 2 bridgehead atoms. The van der Waals surface area contributed by atoms with Crippen molar-refractivity contribution in [2.45, 2.75) is 45.0 Å². The fourth-order valence-corrected chi connectivity index (χ4v) is 5.58. The molecule has 0 unspecified atom stereocenters. The summed E-state index contributed by atoms with van der Waals surface area (Å²) >= 11 is 1.72. The molecule has 3 atom stereocenters. The van der Waals surface area contributed by atoms with Gasteiger partial charge in [0.15, 0.2) is 4.93 Å². The Hall–Kier alpha value is -0.440. The number of ether oxygens (including phenoxy) is 1. The predicted molar refractivity (Wildman–Crippen MR) is 64.8 cm³/mol. The summed E-state index contributed by atoms with van der Waals surface area (Å²) in [6.07, 6.45) is 5.22. The van der Waals surface area contributed by atoms with Crippen LogP contribution < -0.4 is 0 Å². The molecule has 2 aliphatic carbocycles. The van der Waals surface area contributed by atoms with E-state index >= 15 is 0 Å². The van der Waals surface area contributed by atoms with Gasteiger partial charge in [-0.15, -0.1) is 0 Å². The maximum Gasteiger partial charge on any atom is 0.332 e. The van der Waals surface area contributed by atoms with Crippen LogP contribution in [0.4, 0.5) is 0 Å². The Balaban J connectivity index is 2.11. The standard InChI is InChI=1S/C13H18O2S/c1-11(2)9-4-6-12(3,8-9)13(11)15-10(14)5-7-16-13/h5,7,9H,4,6,8H2,1-3H3/t9-,12+,13-/m0/s1. The molecule has 2 fully saturated rings. The van der Waals surface area contributed by atoms with Gasteiger partial charge in [-0.3, -0.25) is 0 Å². The van der Waals surface area contributed by atoms with Gasteiger partial charge in [0.05, 0.1) is 0 Å². The highest BCUT2D eigenvalue weighted by Crippen LogP contribution is 2.73. The van der Waals surface area contributed by atoms with Crippen molar-refractivity contribution in [2.24, 2.45) is 16.7 Å². The molecule has 0 aromatic rings. The van der Waals surface area contributed by atoms with Crippen LogP contribution in [0.25, 0.3) is 0 Å². The molecule has 0 radical (unpaired) electrons. The number of hydrogen-bond donors (Lipinski definition) is 0. The van der Waals surface area contributed by atoms with Crippen LogP contribution in [0.5, 0.6) is 0 Å². The summed E-state index contributed by atoms with van der Waals surface area (Å²) in [6.45, 7) is 6.82. The summed E-state index contributed by atoms with van der Waals surface area (Å²) in [5.74, 6) is 0.532. The minimum absolute atomic E-state index is 0.0884. The fourth-order valence-electron chi connectivity index (χ4n) is 4.14. The van der Waals surface area contributed by atoms with Gasteiger partial charge in [0, 0.05) is 16.9 Å². The largest absolute Gasteiger partial charge is 0.443 e. The maximum atomic E-state index is 11.6. The maximum absolute atomic E-state index is 11.6. The van der Waals surface area contributed by atoms with Gasteiger partial charge in [-0.25, -0.2) is 4.79 Å². The number of esters is 1. The van der Waals surface area contributed by atoms with E-state index < -0.39 is 0 Å². The zero-order valence-electron chi connectivity index (χ0n) is 10.1. The monoisotopic (exact) mass is 238 g/mol. The van der Waals surface area contributed by atoms with Crippen LogP contribution in [-0.2, 0) is 9.53 Å². The third kappa shape index (κ3) is 0.987. The molecule has 0 amide bonds. The molecule has 0 N–H and O–H groups in total. The van der Waals surface area contributed by atoms with Crippen LogP contribution in [-0.4, -0.2) is 10.9 Å². The first kappa shape index (κ1) is 10.7. The Labute approximate surface area is 101 Å². The second-order valence-electron chi connectivity index (χ2n) is 6.18. The molecule has 3 aliphatic rings. The Bertz CT molecular complexity index is 381. The van der Waals surface area contributed by atoms with Crippen LogP contribution in [0.1, 0.15) is 40.0 Å². The minimum Gasteiger partial charge on any atom is -0.443 e. The lowest BCUT2D eigenvalue weighted by Crippen LogP contribution is -2.54. The lowest BCUT2D eigenvalue weighted by Gasteiger charge is -2.52. The van der Waals surface area contributed by atoms with Crippen molar-refractivity contribution in [1.29, 1.82) is 0 Å². The van der Waals surface area contributed by atoms with E-state index in [-0.39, 0.29) is 21.7 Å². The smallest absolute Gasteiger partial charge is 0.332 e. The molecular weight excluding hydrogens is 220 g/mol. The Morgan fingerprint density at radius 3 is 2.75 bits per heavy atom. The van der Waals surface area contributed by atoms with Gasteiger partial charge in [0.2, 0.25) is 0 Å². The average Bonchev–Trinajstić information content (AvgIpc) is 2.66. The molecule has 2 saturated carbocycles. The van der Waals surface area contributed by atoms with E-state index in [1.165, 1.54) is 19.3 Å². The molecule has 88 valence electrons. The van der Waals surface area contributed by atoms with E-state index in [1.54, 1.807) is 17.8 Å². The van der Waals surface area contributed by atoms with Gasteiger partial charge in [0.1, 0.15) is 0 Å². The van der Waals surface area contributed by atoms with Crippen molar-refractivity contribution in [3.63, 3.8) is 0 Å². The predicted octanol–water partition coefficient (Wildman–Crippen LogP) is 3.33. The summed E-state index contributed by atoms with van der Waals surface area (Å²) in [5, 5.41) is 1.93. The van der Waals surface area contributed by atoms with Gasteiger partial charge < -0.3 is 4.74 Å². The van der Waals surface area contributed by atoms with Gasteiger partial charge in [-0.2, -0.15) is 0 Å². The van der Waals surface area contributed by atoms with Gasteiger partial charge in [0.25, 0.3) is 0 Å². The SMILES string of the molecule is CC1(C)[C@H]2CC[C@](C)(C2)[C@]12OC(=O)C=CS2. The summed E-state index contributed by atoms with van der Waals surface area (Å²) < 4.78 is 5.82. The normalized spacial score (nSPS) is 48.7. The van der Waals surface area contributed by atoms with E-state index in [4.69, 9.17) is 4.74 Å². The molecular formula is C13H18O2S. The zero-order chi connectivity index (χ0) is 11.6. The van der Waals surface area contributed by atoms with Crippen LogP contribution >= 0.6 is 11.8 Å². The number of hydrogen-bond acceptors (Lipinski definition) is 3. The van der Waals surface area contributed by atoms with Crippen molar-refractivity contribution >= 4 is 17.7 Å². The van der Waals surface area contributed by atoms with E-state index in [0.717, 1.165) is 0 Å². The second kappa shape index (κ2) is 2.87. The number of carbonyl (C=O) groups excluding carboxylic acids is 1. The lowest BCUT2D eigenvalue weighted by atomic mass is 9.69. The summed E-state index contributed by atoms with van der Waals surface area (Å²) in [7, 11) is 0. The van der Waals surface area contributed by atoms with E-state index in [0.29, 0.717) is 5.92 Å². The molecule has 0 aromatic carbocycles. The van der Waals surface area contributed by atoms with Crippen LogP contribution in [0.2, 0.25) is 0 Å². The molecule has 1 aliphatic heterocycles. The second-order valence-corrected chi connectivity index (χ2v) is 7.26. The van der Waals surface area contributed by atoms with Crippen LogP contribution in [0.15, 0.2) is 11.5 Å². The highest BCUT2D eigenvalue weighted by molar-refractivity contribution is 8.03. The summed E-state index contributed by atoms with van der Waals surface area (Å²) in [6, 6.07) is 0. The molecule has 1 heterocycles. The molecule has 2 nitrogen and oxygen atoms in total. The molecule has 3 heteroatoms. The topological polar surface area (TPSA) is 26.3 Å².